The Hall–Kier alpha value is -3.03. The molecule has 8 heteroatoms. The molecule has 0 unspecified atom stereocenters. The van der Waals surface area contributed by atoms with Gasteiger partial charge in [0.1, 0.15) is 17.8 Å². The Morgan fingerprint density at radius 1 is 1.15 bits per heavy atom. The van der Waals surface area contributed by atoms with Gasteiger partial charge in [-0.05, 0) is 12.1 Å². The summed E-state index contributed by atoms with van der Waals surface area (Å²) in [6, 6.07) is 6.86. The fourth-order valence-electron chi connectivity index (χ4n) is 1.47. The lowest BCUT2D eigenvalue weighted by Crippen LogP contribution is -2.22. The van der Waals surface area contributed by atoms with Crippen LogP contribution in [-0.2, 0) is 4.79 Å². The number of carbonyl (C=O) groups excluding carboxylic acids is 1. The highest BCUT2D eigenvalue weighted by Gasteiger charge is 2.11. The molecule has 0 spiro atoms. The zero-order valence-corrected chi connectivity index (χ0v) is 10.5. The summed E-state index contributed by atoms with van der Waals surface area (Å²) in [6.07, 6.45) is 1.21. The number of para-hydroxylation sites is 2. The first-order chi connectivity index (χ1) is 9.58. The number of rotatable bonds is 4. The van der Waals surface area contributed by atoms with Gasteiger partial charge in [-0.1, -0.05) is 12.1 Å². The first kappa shape index (κ1) is 13.4. The maximum Gasteiger partial charge on any atom is 0.262 e. The summed E-state index contributed by atoms with van der Waals surface area (Å²) in [6.45, 7) is -0.234. The van der Waals surface area contributed by atoms with Gasteiger partial charge in [0.05, 0.1) is 5.69 Å². The number of amides is 1. The van der Waals surface area contributed by atoms with Crippen LogP contribution in [0.1, 0.15) is 0 Å². The van der Waals surface area contributed by atoms with E-state index in [-0.39, 0.29) is 23.9 Å². The summed E-state index contributed by atoms with van der Waals surface area (Å²) >= 11 is 0. The molecular weight excluding hydrogens is 260 g/mol. The van der Waals surface area contributed by atoms with Gasteiger partial charge < -0.3 is 27.3 Å². The van der Waals surface area contributed by atoms with Gasteiger partial charge in [-0.15, -0.1) is 0 Å². The Morgan fingerprint density at radius 2 is 1.80 bits per heavy atom. The van der Waals surface area contributed by atoms with E-state index in [1.54, 1.807) is 24.3 Å². The largest absolute Gasteiger partial charge is 0.482 e. The first-order valence-electron chi connectivity index (χ1n) is 5.71. The van der Waals surface area contributed by atoms with E-state index in [1.165, 1.54) is 6.33 Å². The van der Waals surface area contributed by atoms with Gasteiger partial charge >= 0.3 is 0 Å². The second-order valence-corrected chi connectivity index (χ2v) is 3.89. The number of nitrogen functional groups attached to an aromatic ring is 3. The smallest absolute Gasteiger partial charge is 0.262 e. The molecule has 0 bridgehead atoms. The van der Waals surface area contributed by atoms with Crippen molar-refractivity contribution in [2.45, 2.75) is 0 Å². The molecule has 0 aliphatic rings. The number of benzene rings is 1. The van der Waals surface area contributed by atoms with Crippen molar-refractivity contribution < 1.29 is 9.53 Å². The fourth-order valence-corrected chi connectivity index (χ4v) is 1.47. The van der Waals surface area contributed by atoms with Crippen LogP contribution in [-0.4, -0.2) is 22.5 Å². The van der Waals surface area contributed by atoms with Crippen molar-refractivity contribution in [1.29, 1.82) is 0 Å². The molecule has 1 aromatic heterocycles. The van der Waals surface area contributed by atoms with Crippen LogP contribution >= 0.6 is 0 Å². The van der Waals surface area contributed by atoms with E-state index < -0.39 is 5.91 Å². The van der Waals surface area contributed by atoms with Crippen molar-refractivity contribution in [3.05, 3.63) is 30.6 Å². The maximum absolute atomic E-state index is 11.8. The predicted molar refractivity (Wildman–Crippen MR) is 75.8 cm³/mol. The molecule has 0 saturated carbocycles. The molecule has 8 nitrogen and oxygen atoms in total. The summed E-state index contributed by atoms with van der Waals surface area (Å²) in [5.74, 6) is 0.157. The summed E-state index contributed by atoms with van der Waals surface area (Å²) < 4.78 is 5.29. The van der Waals surface area contributed by atoms with Gasteiger partial charge in [0, 0.05) is 0 Å². The molecule has 20 heavy (non-hydrogen) atoms. The van der Waals surface area contributed by atoms with E-state index in [1.807, 2.05) is 0 Å². The number of nitrogens with one attached hydrogen (secondary N) is 1. The molecule has 1 heterocycles. The van der Waals surface area contributed by atoms with Crippen molar-refractivity contribution in [2.75, 3.05) is 29.1 Å². The number of hydrogen-bond acceptors (Lipinski definition) is 7. The third kappa shape index (κ3) is 3.05. The number of ether oxygens (including phenoxy) is 1. The lowest BCUT2D eigenvalue weighted by molar-refractivity contribution is -0.118. The van der Waals surface area contributed by atoms with Crippen LogP contribution in [0.15, 0.2) is 30.6 Å². The van der Waals surface area contributed by atoms with E-state index in [4.69, 9.17) is 21.9 Å². The van der Waals surface area contributed by atoms with Crippen LogP contribution in [0, 0.1) is 0 Å². The normalized spacial score (nSPS) is 10.0. The zero-order valence-electron chi connectivity index (χ0n) is 10.5. The monoisotopic (exact) mass is 274 g/mol. The van der Waals surface area contributed by atoms with Gasteiger partial charge in [0.15, 0.2) is 18.2 Å². The topological polar surface area (TPSA) is 142 Å². The number of aromatic nitrogens is 2. The van der Waals surface area contributed by atoms with E-state index in [9.17, 15) is 4.79 Å². The average Bonchev–Trinajstić information content (AvgIpc) is 2.42. The fraction of sp³-hybridized carbons (Fsp3) is 0.0833. The summed E-state index contributed by atoms with van der Waals surface area (Å²) in [5, 5.41) is 2.49. The van der Waals surface area contributed by atoms with Gasteiger partial charge in [-0.25, -0.2) is 9.97 Å². The van der Waals surface area contributed by atoms with Crippen molar-refractivity contribution in [2.24, 2.45) is 0 Å². The molecule has 1 amide bonds. The summed E-state index contributed by atoms with van der Waals surface area (Å²) in [4.78, 5) is 19.2. The lowest BCUT2D eigenvalue weighted by Gasteiger charge is -2.11. The highest BCUT2D eigenvalue weighted by Crippen LogP contribution is 2.22. The molecule has 2 aromatic rings. The maximum atomic E-state index is 11.8. The minimum Gasteiger partial charge on any atom is -0.482 e. The standard InChI is InChI=1S/C12H14N6O2/c13-7-3-1-2-4-8(7)20-5-9(19)18-10-11(14)16-6-17-12(10)15/h1-4,6H,5,13H2,(H,18,19)(H4,14,15,16,17). The van der Waals surface area contributed by atoms with Gasteiger partial charge in [-0.2, -0.15) is 0 Å². The quantitative estimate of drug-likeness (QED) is 0.585. The van der Waals surface area contributed by atoms with Crippen molar-refractivity contribution in [1.82, 2.24) is 9.97 Å². The number of nitrogens with two attached hydrogens (primary N) is 3. The average molecular weight is 274 g/mol. The molecule has 0 fully saturated rings. The van der Waals surface area contributed by atoms with Crippen molar-refractivity contribution in [3.8, 4) is 5.75 Å². The number of hydrogen-bond donors (Lipinski definition) is 4. The SMILES string of the molecule is Nc1ccccc1OCC(=O)Nc1c(N)ncnc1N. The second kappa shape index (κ2) is 5.74. The van der Waals surface area contributed by atoms with Gasteiger partial charge in [0.25, 0.3) is 5.91 Å². The molecule has 0 saturated heterocycles. The molecule has 0 aliphatic carbocycles. The molecule has 0 atom stereocenters. The third-order valence-electron chi connectivity index (χ3n) is 2.45. The Morgan fingerprint density at radius 3 is 2.45 bits per heavy atom. The van der Waals surface area contributed by atoms with Crippen LogP contribution in [0.3, 0.4) is 0 Å². The Balaban J connectivity index is 1.98. The van der Waals surface area contributed by atoms with Gasteiger partial charge in [0.2, 0.25) is 0 Å². The Kier molecular flexibility index (Phi) is 3.85. The zero-order chi connectivity index (χ0) is 14.5. The van der Waals surface area contributed by atoms with E-state index in [0.29, 0.717) is 11.4 Å². The summed E-state index contributed by atoms with van der Waals surface area (Å²) in [5.41, 5.74) is 17.5. The number of nitrogens with zero attached hydrogens (tertiary/aromatic N) is 2. The molecule has 1 aromatic carbocycles. The summed E-state index contributed by atoms with van der Waals surface area (Å²) in [7, 11) is 0. The molecule has 2 rings (SSSR count). The predicted octanol–water partition coefficient (Wildman–Crippen LogP) is 0.241. The van der Waals surface area contributed by atoms with Crippen LogP contribution in [0.5, 0.6) is 5.75 Å². The van der Waals surface area contributed by atoms with E-state index >= 15 is 0 Å². The minimum absolute atomic E-state index is 0.0880. The van der Waals surface area contributed by atoms with E-state index in [2.05, 4.69) is 15.3 Å². The Bertz CT molecular complexity index is 611. The molecule has 0 radical (unpaired) electrons. The molecule has 7 N–H and O–H groups in total. The van der Waals surface area contributed by atoms with Crippen molar-refractivity contribution in [3.63, 3.8) is 0 Å². The van der Waals surface area contributed by atoms with Gasteiger partial charge in [-0.3, -0.25) is 4.79 Å². The van der Waals surface area contributed by atoms with E-state index in [0.717, 1.165) is 0 Å². The second-order valence-electron chi connectivity index (χ2n) is 3.89. The Labute approximate surface area is 115 Å². The van der Waals surface area contributed by atoms with Crippen LogP contribution in [0.2, 0.25) is 0 Å². The first-order valence-corrected chi connectivity index (χ1v) is 5.71. The third-order valence-corrected chi connectivity index (χ3v) is 2.45. The molecule has 0 aliphatic heterocycles. The number of carbonyl (C=O) groups is 1. The highest BCUT2D eigenvalue weighted by molar-refractivity contribution is 5.97. The highest BCUT2D eigenvalue weighted by atomic mass is 16.5. The van der Waals surface area contributed by atoms with Crippen LogP contribution < -0.4 is 27.3 Å². The number of anilines is 4. The van der Waals surface area contributed by atoms with Crippen molar-refractivity contribution >= 4 is 28.9 Å². The lowest BCUT2D eigenvalue weighted by atomic mass is 10.3. The minimum atomic E-state index is -0.443. The van der Waals surface area contributed by atoms with Crippen LogP contribution in [0.4, 0.5) is 23.0 Å². The molecule has 104 valence electrons. The molecular formula is C12H14N6O2. The van der Waals surface area contributed by atoms with Crippen LogP contribution in [0.25, 0.3) is 0 Å².